The van der Waals surface area contributed by atoms with Gasteiger partial charge in [0.25, 0.3) is 0 Å². The average molecular weight is 344 g/mol. The molecule has 2 rings (SSSR count). The predicted molar refractivity (Wildman–Crippen MR) is 64.3 cm³/mol. The molecule has 0 aliphatic heterocycles. The molecule has 0 fully saturated rings. The fourth-order valence-electron chi connectivity index (χ4n) is 1.05. The predicted octanol–water partition coefficient (Wildman–Crippen LogP) is -1.90. The summed E-state index contributed by atoms with van der Waals surface area (Å²) in [5, 5.41) is 0. The van der Waals surface area contributed by atoms with E-state index < -0.39 is 0 Å². The minimum absolute atomic E-state index is 0. The van der Waals surface area contributed by atoms with E-state index in [9.17, 15) is 0 Å². The van der Waals surface area contributed by atoms with Gasteiger partial charge in [0.2, 0.25) is 0 Å². The topological polar surface area (TPSA) is 0 Å². The Bertz CT molecular complexity index is 323. The Balaban J connectivity index is -0.000000196. The van der Waals surface area contributed by atoms with Gasteiger partial charge in [0, 0.05) is 0 Å². The summed E-state index contributed by atoms with van der Waals surface area (Å²) in [5.41, 5.74) is 2.39. The van der Waals surface area contributed by atoms with Crippen LogP contribution in [0.4, 0.5) is 0 Å². The Kier molecular flexibility index (Phi) is 17.6. The van der Waals surface area contributed by atoms with Gasteiger partial charge in [0.1, 0.15) is 0 Å². The van der Waals surface area contributed by atoms with Crippen LogP contribution in [0.2, 0.25) is 0 Å². The maximum atomic E-state index is 3.60. The zero-order valence-electron chi connectivity index (χ0n) is 9.44. The smallest absolute Gasteiger partial charge is 1.00 e. The van der Waals surface area contributed by atoms with Crippen LogP contribution in [0.15, 0.2) is 61.7 Å². The van der Waals surface area contributed by atoms with Gasteiger partial charge in [-0.15, -0.1) is 47.5 Å². The molecule has 0 aromatic heterocycles. The van der Waals surface area contributed by atoms with E-state index in [1.165, 1.54) is 11.1 Å². The third-order valence-electron chi connectivity index (χ3n) is 1.85. The molecule has 0 bridgehead atoms. The molecular formula is C14H14Cl2Zr. The number of hydrogen-bond donors (Lipinski definition) is 0. The molecule has 0 aliphatic rings. The van der Waals surface area contributed by atoms with Gasteiger partial charge in [-0.3, -0.25) is 0 Å². The Morgan fingerprint density at radius 2 is 0.882 bits per heavy atom. The summed E-state index contributed by atoms with van der Waals surface area (Å²) in [7, 11) is 0. The zero-order valence-corrected chi connectivity index (χ0v) is 13.4. The second kappa shape index (κ2) is 13.7. The van der Waals surface area contributed by atoms with Gasteiger partial charge in [-0.25, -0.2) is 0 Å². The molecule has 0 spiro atoms. The first-order valence-corrected chi connectivity index (χ1v) is 4.55. The molecule has 2 aromatic rings. The molecular weight excluding hydrogens is 330 g/mol. The molecule has 0 nitrogen and oxygen atoms in total. The SMILES string of the molecule is C=C[c-]1cccc1.C=C[c-]1cccc1.[Cl-].[Cl-].[Zr+4]. The molecule has 2 aromatic carbocycles. The Morgan fingerprint density at radius 3 is 1.00 bits per heavy atom. The zero-order chi connectivity index (χ0) is 10.2. The fourth-order valence-corrected chi connectivity index (χ4v) is 1.05. The maximum absolute atomic E-state index is 3.60. The van der Waals surface area contributed by atoms with E-state index in [0.717, 1.165) is 0 Å². The summed E-state index contributed by atoms with van der Waals surface area (Å²) in [6, 6.07) is 16.1. The van der Waals surface area contributed by atoms with E-state index in [2.05, 4.69) is 13.2 Å². The van der Waals surface area contributed by atoms with Gasteiger partial charge >= 0.3 is 26.2 Å². The number of hydrogen-bond acceptors (Lipinski definition) is 0. The molecule has 88 valence electrons. The van der Waals surface area contributed by atoms with Crippen molar-refractivity contribution >= 4 is 12.2 Å². The number of halogens is 2. The fraction of sp³-hybridized carbons (Fsp3) is 0. The molecule has 0 atom stereocenters. The molecule has 17 heavy (non-hydrogen) atoms. The summed E-state index contributed by atoms with van der Waals surface area (Å²) in [4.78, 5) is 0. The molecule has 0 amide bonds. The van der Waals surface area contributed by atoms with Crippen LogP contribution >= 0.6 is 0 Å². The van der Waals surface area contributed by atoms with E-state index >= 15 is 0 Å². The molecule has 3 heteroatoms. The van der Waals surface area contributed by atoms with E-state index in [1.807, 2.05) is 60.7 Å². The normalized spacial score (nSPS) is 7.06. The Morgan fingerprint density at radius 1 is 0.647 bits per heavy atom. The summed E-state index contributed by atoms with van der Waals surface area (Å²) in [6.45, 7) is 7.21. The van der Waals surface area contributed by atoms with Crippen LogP contribution in [0.1, 0.15) is 11.1 Å². The standard InChI is InChI=1S/2C7H7.2ClH.Zr/c2*1-2-7-5-3-4-6-7;;;/h2*2-6H,1H2;2*1H;/q2*-1;;;+4/p-2. The van der Waals surface area contributed by atoms with Gasteiger partial charge in [0.05, 0.1) is 0 Å². The van der Waals surface area contributed by atoms with Crippen molar-refractivity contribution in [2.75, 3.05) is 0 Å². The van der Waals surface area contributed by atoms with Crippen LogP contribution in [-0.2, 0) is 26.2 Å². The van der Waals surface area contributed by atoms with Gasteiger partial charge in [-0.05, 0) is 0 Å². The minimum atomic E-state index is 0. The maximum Gasteiger partial charge on any atom is 4.00 e. The van der Waals surface area contributed by atoms with Crippen molar-refractivity contribution in [1.82, 2.24) is 0 Å². The second-order valence-corrected chi connectivity index (χ2v) is 2.84. The third kappa shape index (κ3) is 9.35. The summed E-state index contributed by atoms with van der Waals surface area (Å²) < 4.78 is 0. The molecule has 0 N–H and O–H groups in total. The van der Waals surface area contributed by atoms with Gasteiger partial charge in [-0.1, -0.05) is 0 Å². The Labute approximate surface area is 135 Å². The van der Waals surface area contributed by atoms with E-state index in [1.54, 1.807) is 0 Å². The first-order chi connectivity index (χ1) is 6.86. The van der Waals surface area contributed by atoms with Gasteiger partial charge in [-0.2, -0.15) is 37.4 Å². The van der Waals surface area contributed by atoms with Crippen LogP contribution in [0.5, 0.6) is 0 Å². The first-order valence-electron chi connectivity index (χ1n) is 4.55. The van der Waals surface area contributed by atoms with Crippen molar-refractivity contribution in [2.45, 2.75) is 0 Å². The molecule has 0 saturated heterocycles. The van der Waals surface area contributed by atoms with Crippen molar-refractivity contribution in [3.05, 3.63) is 72.8 Å². The van der Waals surface area contributed by atoms with Crippen molar-refractivity contribution in [1.29, 1.82) is 0 Å². The van der Waals surface area contributed by atoms with Crippen LogP contribution in [0.3, 0.4) is 0 Å². The van der Waals surface area contributed by atoms with E-state index in [-0.39, 0.29) is 51.0 Å². The molecule has 0 saturated carbocycles. The second-order valence-electron chi connectivity index (χ2n) is 2.84. The molecule has 0 unspecified atom stereocenters. The molecule has 0 radical (unpaired) electrons. The largest absolute Gasteiger partial charge is 4.00 e. The minimum Gasteiger partial charge on any atom is -1.00 e. The van der Waals surface area contributed by atoms with Crippen LogP contribution in [0, 0.1) is 0 Å². The van der Waals surface area contributed by atoms with Crippen molar-refractivity contribution in [2.24, 2.45) is 0 Å². The monoisotopic (exact) mass is 342 g/mol. The summed E-state index contributed by atoms with van der Waals surface area (Å²) in [6.07, 6.45) is 3.67. The van der Waals surface area contributed by atoms with Crippen molar-refractivity contribution in [3.8, 4) is 0 Å². The van der Waals surface area contributed by atoms with Crippen molar-refractivity contribution in [3.63, 3.8) is 0 Å². The molecule has 0 heterocycles. The average Bonchev–Trinajstić information content (AvgIpc) is 2.92. The van der Waals surface area contributed by atoms with Crippen LogP contribution < -0.4 is 24.8 Å². The summed E-state index contributed by atoms with van der Waals surface area (Å²) >= 11 is 0. The molecule has 0 aliphatic carbocycles. The van der Waals surface area contributed by atoms with E-state index in [0.29, 0.717) is 0 Å². The number of rotatable bonds is 2. The van der Waals surface area contributed by atoms with Crippen LogP contribution in [0.25, 0.3) is 12.2 Å². The van der Waals surface area contributed by atoms with Crippen molar-refractivity contribution < 1.29 is 51.0 Å². The van der Waals surface area contributed by atoms with Gasteiger partial charge in [0.15, 0.2) is 0 Å². The third-order valence-corrected chi connectivity index (χ3v) is 1.85. The summed E-state index contributed by atoms with van der Waals surface area (Å²) in [5.74, 6) is 0. The van der Waals surface area contributed by atoms with Gasteiger partial charge < -0.3 is 24.8 Å². The van der Waals surface area contributed by atoms with Crippen LogP contribution in [-0.4, -0.2) is 0 Å². The Hall–Kier alpha value is -0.357. The van der Waals surface area contributed by atoms with E-state index in [4.69, 9.17) is 0 Å². The quantitative estimate of drug-likeness (QED) is 0.559. The first kappa shape index (κ1) is 21.9.